The largest absolute Gasteiger partial charge is 0.482 e. The summed E-state index contributed by atoms with van der Waals surface area (Å²) < 4.78 is 5.44. The SMILES string of the molecule is CC(N)c1ccc2c(c1)N(CC(=O)Nc1ccc(Cl)cc1)C(=O)CO2. The second-order valence-electron chi connectivity index (χ2n) is 5.84. The molecule has 1 atom stereocenters. The zero-order valence-electron chi connectivity index (χ0n) is 13.7. The van der Waals surface area contributed by atoms with Crippen LogP contribution in [-0.4, -0.2) is 25.0 Å². The van der Waals surface area contributed by atoms with E-state index >= 15 is 0 Å². The van der Waals surface area contributed by atoms with Gasteiger partial charge in [-0.05, 0) is 48.9 Å². The molecule has 6 nitrogen and oxygen atoms in total. The van der Waals surface area contributed by atoms with Gasteiger partial charge in [-0.2, -0.15) is 0 Å². The molecule has 0 aromatic heterocycles. The smallest absolute Gasteiger partial charge is 0.265 e. The molecule has 0 saturated carbocycles. The van der Waals surface area contributed by atoms with Crippen LogP contribution in [0.5, 0.6) is 5.75 Å². The summed E-state index contributed by atoms with van der Waals surface area (Å²) in [5, 5.41) is 3.33. The number of carbonyl (C=O) groups is 2. The molecule has 0 aliphatic carbocycles. The van der Waals surface area contributed by atoms with E-state index in [0.717, 1.165) is 5.56 Å². The van der Waals surface area contributed by atoms with Crippen LogP contribution < -0.4 is 20.7 Å². The summed E-state index contributed by atoms with van der Waals surface area (Å²) in [5.41, 5.74) is 7.93. The molecule has 1 unspecified atom stereocenters. The van der Waals surface area contributed by atoms with E-state index in [4.69, 9.17) is 22.1 Å². The Labute approximate surface area is 150 Å². The Morgan fingerprint density at radius 3 is 2.72 bits per heavy atom. The van der Waals surface area contributed by atoms with E-state index in [1.165, 1.54) is 4.90 Å². The van der Waals surface area contributed by atoms with E-state index in [1.807, 2.05) is 13.0 Å². The summed E-state index contributed by atoms with van der Waals surface area (Å²) in [5.74, 6) is -0.0291. The van der Waals surface area contributed by atoms with E-state index in [0.29, 0.717) is 22.1 Å². The quantitative estimate of drug-likeness (QED) is 0.879. The molecule has 2 aromatic carbocycles. The van der Waals surface area contributed by atoms with Crippen LogP contribution in [0.1, 0.15) is 18.5 Å². The predicted molar refractivity (Wildman–Crippen MR) is 97.0 cm³/mol. The lowest BCUT2D eigenvalue weighted by atomic mass is 10.1. The normalized spacial score (nSPS) is 14.5. The molecule has 0 spiro atoms. The van der Waals surface area contributed by atoms with E-state index in [2.05, 4.69) is 5.32 Å². The van der Waals surface area contributed by atoms with Crippen LogP contribution in [-0.2, 0) is 9.59 Å². The third-order valence-electron chi connectivity index (χ3n) is 3.88. The van der Waals surface area contributed by atoms with Crippen molar-refractivity contribution in [2.75, 3.05) is 23.4 Å². The summed E-state index contributed by atoms with van der Waals surface area (Å²) in [7, 11) is 0. The van der Waals surface area contributed by atoms with Gasteiger partial charge in [0.25, 0.3) is 5.91 Å². The van der Waals surface area contributed by atoms with Crippen molar-refractivity contribution in [2.24, 2.45) is 5.73 Å². The van der Waals surface area contributed by atoms with Gasteiger partial charge in [-0.25, -0.2) is 0 Å². The van der Waals surface area contributed by atoms with Crippen LogP contribution >= 0.6 is 11.6 Å². The highest BCUT2D eigenvalue weighted by atomic mass is 35.5. The first-order valence-corrected chi connectivity index (χ1v) is 8.20. The molecule has 0 bridgehead atoms. The van der Waals surface area contributed by atoms with Crippen molar-refractivity contribution in [3.8, 4) is 5.75 Å². The summed E-state index contributed by atoms with van der Waals surface area (Å²) in [6.45, 7) is 1.64. The lowest BCUT2D eigenvalue weighted by Crippen LogP contribution is -2.43. The maximum atomic E-state index is 12.3. The lowest BCUT2D eigenvalue weighted by Gasteiger charge is -2.29. The number of benzene rings is 2. The van der Waals surface area contributed by atoms with Crippen molar-refractivity contribution >= 4 is 34.8 Å². The molecule has 2 amide bonds. The molecule has 3 rings (SSSR count). The summed E-state index contributed by atoms with van der Waals surface area (Å²) in [6.07, 6.45) is 0. The molecule has 1 aliphatic heterocycles. The molecule has 25 heavy (non-hydrogen) atoms. The first-order chi connectivity index (χ1) is 11.9. The Balaban J connectivity index is 1.79. The Kier molecular flexibility index (Phi) is 4.92. The molecule has 0 radical (unpaired) electrons. The number of hydrogen-bond acceptors (Lipinski definition) is 4. The number of ether oxygens (including phenoxy) is 1. The van der Waals surface area contributed by atoms with E-state index < -0.39 is 0 Å². The predicted octanol–water partition coefficient (Wildman–Crippen LogP) is 2.72. The highest BCUT2D eigenvalue weighted by Gasteiger charge is 2.28. The molecule has 2 aromatic rings. The van der Waals surface area contributed by atoms with Gasteiger partial charge in [0.05, 0.1) is 5.69 Å². The van der Waals surface area contributed by atoms with Gasteiger partial charge in [-0.1, -0.05) is 17.7 Å². The molecule has 1 aliphatic rings. The fourth-order valence-corrected chi connectivity index (χ4v) is 2.68. The van der Waals surface area contributed by atoms with Gasteiger partial charge in [0.15, 0.2) is 6.61 Å². The molecular formula is C18H18ClN3O3. The average molecular weight is 360 g/mol. The van der Waals surface area contributed by atoms with Crippen molar-refractivity contribution in [3.63, 3.8) is 0 Å². The number of anilines is 2. The number of halogens is 1. The Bertz CT molecular complexity index is 806. The number of nitrogens with zero attached hydrogens (tertiary/aromatic N) is 1. The van der Waals surface area contributed by atoms with E-state index in [-0.39, 0.29) is 31.0 Å². The van der Waals surface area contributed by atoms with Crippen LogP contribution in [0.3, 0.4) is 0 Å². The Morgan fingerprint density at radius 2 is 2.04 bits per heavy atom. The number of rotatable bonds is 4. The standard InChI is InChI=1S/C18H18ClN3O3/c1-11(20)12-2-7-16-15(8-12)22(18(24)10-25-16)9-17(23)21-14-5-3-13(19)4-6-14/h2-8,11H,9-10,20H2,1H3,(H,21,23). The number of amides is 2. The molecule has 0 saturated heterocycles. The summed E-state index contributed by atoms with van der Waals surface area (Å²) >= 11 is 5.83. The van der Waals surface area contributed by atoms with Gasteiger partial charge in [-0.15, -0.1) is 0 Å². The maximum absolute atomic E-state index is 12.3. The fraction of sp³-hybridized carbons (Fsp3) is 0.222. The molecule has 1 heterocycles. The van der Waals surface area contributed by atoms with Crippen LogP contribution in [0.4, 0.5) is 11.4 Å². The lowest BCUT2D eigenvalue weighted by molar-refractivity contribution is -0.123. The van der Waals surface area contributed by atoms with Crippen LogP contribution in [0.25, 0.3) is 0 Å². The fourth-order valence-electron chi connectivity index (χ4n) is 2.55. The van der Waals surface area contributed by atoms with Gasteiger partial charge >= 0.3 is 0 Å². The number of hydrogen-bond donors (Lipinski definition) is 2. The third-order valence-corrected chi connectivity index (χ3v) is 4.13. The van der Waals surface area contributed by atoms with Gasteiger partial charge in [-0.3, -0.25) is 14.5 Å². The zero-order valence-corrected chi connectivity index (χ0v) is 14.4. The second kappa shape index (κ2) is 7.13. The Hall–Kier alpha value is -2.57. The highest BCUT2D eigenvalue weighted by Crippen LogP contribution is 2.34. The minimum absolute atomic E-state index is 0.0985. The number of nitrogens with two attached hydrogens (primary N) is 1. The second-order valence-corrected chi connectivity index (χ2v) is 6.28. The van der Waals surface area contributed by atoms with Crippen molar-refractivity contribution in [1.29, 1.82) is 0 Å². The minimum Gasteiger partial charge on any atom is -0.482 e. The van der Waals surface area contributed by atoms with Crippen molar-refractivity contribution in [2.45, 2.75) is 13.0 Å². The van der Waals surface area contributed by atoms with Crippen LogP contribution in [0.15, 0.2) is 42.5 Å². The minimum atomic E-state index is -0.310. The van der Waals surface area contributed by atoms with Crippen molar-refractivity contribution < 1.29 is 14.3 Å². The maximum Gasteiger partial charge on any atom is 0.265 e. The average Bonchev–Trinajstić information content (AvgIpc) is 2.59. The molecular weight excluding hydrogens is 342 g/mol. The number of carbonyl (C=O) groups excluding carboxylic acids is 2. The van der Waals surface area contributed by atoms with Gasteiger partial charge in [0.1, 0.15) is 12.3 Å². The summed E-state index contributed by atoms with van der Waals surface area (Å²) in [6, 6.07) is 12.0. The van der Waals surface area contributed by atoms with Gasteiger partial charge < -0.3 is 15.8 Å². The van der Waals surface area contributed by atoms with E-state index in [9.17, 15) is 9.59 Å². The van der Waals surface area contributed by atoms with Crippen molar-refractivity contribution in [1.82, 2.24) is 0 Å². The monoisotopic (exact) mass is 359 g/mol. The van der Waals surface area contributed by atoms with Crippen LogP contribution in [0, 0.1) is 0 Å². The number of fused-ring (bicyclic) bond motifs is 1. The Morgan fingerprint density at radius 1 is 1.32 bits per heavy atom. The molecule has 3 N–H and O–H groups in total. The van der Waals surface area contributed by atoms with Crippen molar-refractivity contribution in [3.05, 3.63) is 53.1 Å². The van der Waals surface area contributed by atoms with Gasteiger partial charge in [0.2, 0.25) is 5.91 Å². The first kappa shape index (κ1) is 17.3. The molecule has 0 fully saturated rings. The molecule has 130 valence electrons. The molecule has 7 heteroatoms. The first-order valence-electron chi connectivity index (χ1n) is 7.82. The van der Waals surface area contributed by atoms with Gasteiger partial charge in [0, 0.05) is 16.8 Å². The number of nitrogens with one attached hydrogen (secondary N) is 1. The topological polar surface area (TPSA) is 84.7 Å². The zero-order chi connectivity index (χ0) is 18.0. The van der Waals surface area contributed by atoms with E-state index in [1.54, 1.807) is 36.4 Å². The highest BCUT2D eigenvalue weighted by molar-refractivity contribution is 6.30. The summed E-state index contributed by atoms with van der Waals surface area (Å²) in [4.78, 5) is 26.0. The third kappa shape index (κ3) is 3.92. The van der Waals surface area contributed by atoms with Crippen LogP contribution in [0.2, 0.25) is 5.02 Å².